The monoisotopic (exact) mass is 897 g/mol. The van der Waals surface area contributed by atoms with E-state index in [1.54, 1.807) is 47.5 Å². The molecule has 0 radical (unpaired) electrons. The molecule has 0 aliphatic heterocycles. The summed E-state index contributed by atoms with van der Waals surface area (Å²) in [6, 6.07) is 1.34. The van der Waals surface area contributed by atoms with Gasteiger partial charge in [-0.15, -0.1) is 62.0 Å². The lowest BCUT2D eigenvalue weighted by Crippen LogP contribution is -2.44. The average Bonchev–Trinajstić information content (AvgIpc) is 2.84. The Kier molecular flexibility index (Phi) is 35.7. The predicted octanol–water partition coefficient (Wildman–Crippen LogP) is 10.6. The third kappa shape index (κ3) is 46.7. The van der Waals surface area contributed by atoms with Crippen molar-refractivity contribution in [2.75, 3.05) is 27.1 Å². The summed E-state index contributed by atoms with van der Waals surface area (Å²) in [5.74, 6) is 0.838. The highest BCUT2D eigenvalue weighted by Gasteiger charge is 2.37. The van der Waals surface area contributed by atoms with Crippen LogP contribution in [0.4, 0.5) is 0 Å². The second kappa shape index (κ2) is 28.3. The molecule has 0 saturated carbocycles. The second-order valence-electron chi connectivity index (χ2n) is 12.8. The SMILES string of the molecule is C=C[Si](C)(C)O[Si](C)(C)CC[Si](C)(Cl)Cl.CCCCCC[Si](Cl)(Cl)Cl.CO[Si](CCCS)(OC)OC.C[Si](C)(O)O[Si](C)(C)O.N. The van der Waals surface area contributed by atoms with Gasteiger partial charge in [-0.1, -0.05) is 38.3 Å². The van der Waals surface area contributed by atoms with Crippen molar-refractivity contribution in [1.82, 2.24) is 6.15 Å². The minimum Gasteiger partial charge on any atom is -0.453 e. The Morgan fingerprint density at radius 3 is 1.35 bits per heavy atom. The number of rotatable bonds is 19. The molecule has 0 rings (SSSR count). The van der Waals surface area contributed by atoms with Gasteiger partial charge in [0, 0.05) is 27.4 Å². The van der Waals surface area contributed by atoms with E-state index < -0.39 is 55.3 Å². The number of unbranched alkanes of at least 4 members (excludes halogenated alkanes) is 3. The molecular formula is C25H68Cl5NO7SSi7. The summed E-state index contributed by atoms with van der Waals surface area (Å²) in [5, 5.41) is 0. The van der Waals surface area contributed by atoms with Crippen LogP contribution in [-0.4, -0.2) is 91.9 Å². The van der Waals surface area contributed by atoms with Gasteiger partial charge in [0.25, 0.3) is 0 Å². The number of hydrogen-bond donors (Lipinski definition) is 4. The lowest BCUT2D eigenvalue weighted by atomic mass is 10.2. The molecule has 21 heteroatoms. The largest absolute Gasteiger partial charge is 0.500 e. The fourth-order valence-electron chi connectivity index (χ4n) is 3.54. The van der Waals surface area contributed by atoms with Gasteiger partial charge in [-0.3, -0.25) is 0 Å². The fraction of sp³-hybridized carbons (Fsp3) is 0.920. The van der Waals surface area contributed by atoms with E-state index in [2.05, 4.69) is 52.3 Å². The predicted molar refractivity (Wildman–Crippen MR) is 227 cm³/mol. The zero-order chi connectivity index (χ0) is 36.8. The van der Waals surface area contributed by atoms with Crippen LogP contribution in [0.15, 0.2) is 12.3 Å². The summed E-state index contributed by atoms with van der Waals surface area (Å²) in [7, 11) is -5.65. The molecule has 0 aromatic rings. The second-order valence-corrected chi connectivity index (χ2v) is 48.9. The van der Waals surface area contributed by atoms with Crippen LogP contribution in [0.5, 0.6) is 0 Å². The molecule has 0 atom stereocenters. The molecule has 46 heavy (non-hydrogen) atoms. The third-order valence-electron chi connectivity index (χ3n) is 5.58. The van der Waals surface area contributed by atoms with Crippen LogP contribution < -0.4 is 6.15 Å². The lowest BCUT2D eigenvalue weighted by Gasteiger charge is -2.32. The highest BCUT2D eigenvalue weighted by molar-refractivity contribution is 7.80. The molecule has 0 bridgehead atoms. The van der Waals surface area contributed by atoms with E-state index in [0.29, 0.717) is 0 Å². The van der Waals surface area contributed by atoms with Crippen molar-refractivity contribution in [3.63, 3.8) is 0 Å². The first-order valence-corrected chi connectivity index (χ1v) is 39.5. The van der Waals surface area contributed by atoms with Crippen molar-refractivity contribution in [2.45, 2.75) is 122 Å². The van der Waals surface area contributed by atoms with Crippen molar-refractivity contribution < 1.29 is 31.1 Å². The Bertz CT molecular complexity index is 722. The van der Waals surface area contributed by atoms with Gasteiger partial charge < -0.3 is 37.3 Å². The van der Waals surface area contributed by atoms with Crippen LogP contribution in [0.3, 0.4) is 0 Å². The molecule has 8 nitrogen and oxygen atoms in total. The highest BCUT2D eigenvalue weighted by Crippen LogP contribution is 2.29. The maximum Gasteiger partial charge on any atom is 0.500 e. The first kappa shape index (κ1) is 58.1. The molecule has 0 aliphatic carbocycles. The minimum atomic E-state index is -2.48. The van der Waals surface area contributed by atoms with Crippen LogP contribution in [0.25, 0.3) is 0 Å². The standard InChI is InChI=1S/C9H22Cl2OSi3.C6H13Cl3Si.C6H16O3SSi.C4H14O3Si2.H3N/c1-7-13(2,3)12-14(4,5)8-9-15(6,10)11;1-2-3-4-5-6-10(7,8)9;1-7-11(8-2,9-3)6-4-5-10;1-8(2,5)7-9(3,4)6;/h7H,1,8-9H2,2-6H3;2-6H2,1H3;10H,4-6H2,1-3H3;5-6H,1-4H3;1H3. The van der Waals surface area contributed by atoms with Gasteiger partial charge in [0.2, 0.25) is 6.69 Å². The van der Waals surface area contributed by atoms with Gasteiger partial charge in [-0.05, 0) is 89.2 Å². The van der Waals surface area contributed by atoms with Gasteiger partial charge in [0.05, 0.1) is 0 Å². The zero-order valence-electron chi connectivity index (χ0n) is 30.8. The molecule has 0 aliphatic rings. The van der Waals surface area contributed by atoms with E-state index >= 15 is 0 Å². The van der Waals surface area contributed by atoms with Gasteiger partial charge in [-0.25, -0.2) is 0 Å². The Balaban J connectivity index is -0.000000164. The average molecular weight is 901 g/mol. The summed E-state index contributed by atoms with van der Waals surface area (Å²) in [4.78, 5) is 18.3. The van der Waals surface area contributed by atoms with E-state index in [1.807, 2.05) is 12.2 Å². The molecular weight excluding hydrogens is 832 g/mol. The first-order valence-electron chi connectivity index (χ1n) is 15.2. The quantitative estimate of drug-likeness (QED) is 0.0438. The zero-order valence-corrected chi connectivity index (χ0v) is 42.5. The van der Waals surface area contributed by atoms with Crippen molar-refractivity contribution in [3.8, 4) is 0 Å². The maximum absolute atomic E-state index is 9.14. The Hall–Kier alpha value is 2.74. The molecule has 0 aromatic carbocycles. The molecule has 0 aromatic heterocycles. The summed E-state index contributed by atoms with van der Waals surface area (Å²) >= 11 is 33.4. The van der Waals surface area contributed by atoms with Crippen LogP contribution in [0.2, 0.25) is 83.1 Å². The van der Waals surface area contributed by atoms with E-state index in [9.17, 15) is 0 Å². The summed E-state index contributed by atoms with van der Waals surface area (Å²) in [5.41, 5.74) is 1.99. The minimum absolute atomic E-state index is 0. The number of thiol groups is 1. The smallest absolute Gasteiger partial charge is 0.453 e. The van der Waals surface area contributed by atoms with Gasteiger partial charge >= 0.3 is 31.9 Å². The molecule has 0 spiro atoms. The maximum atomic E-state index is 9.14. The summed E-state index contributed by atoms with van der Waals surface area (Å²) in [6.45, 7) is 21.4. The Morgan fingerprint density at radius 1 is 0.652 bits per heavy atom. The molecule has 5 N–H and O–H groups in total. The van der Waals surface area contributed by atoms with Crippen LogP contribution in [-0.2, 0) is 21.5 Å². The fourth-order valence-corrected chi connectivity index (χ4v) is 24.8. The van der Waals surface area contributed by atoms with Gasteiger partial charge in [-0.2, -0.15) is 12.6 Å². The Morgan fingerprint density at radius 2 is 1.09 bits per heavy atom. The van der Waals surface area contributed by atoms with Crippen LogP contribution >= 0.6 is 68.0 Å². The molecule has 0 saturated heterocycles. The van der Waals surface area contributed by atoms with Crippen LogP contribution in [0, 0.1) is 0 Å². The van der Waals surface area contributed by atoms with E-state index in [4.69, 9.17) is 86.5 Å². The van der Waals surface area contributed by atoms with E-state index in [-0.39, 0.29) is 6.15 Å². The molecule has 0 fully saturated rings. The van der Waals surface area contributed by atoms with Crippen molar-refractivity contribution >= 4 is 123 Å². The first-order chi connectivity index (χ1) is 20.0. The molecule has 0 amide bonds. The third-order valence-corrected chi connectivity index (χ3v) is 24.9. The summed E-state index contributed by atoms with van der Waals surface area (Å²) < 4.78 is 26.8. The Labute approximate surface area is 319 Å². The lowest BCUT2D eigenvalue weighted by molar-refractivity contribution is 0.123. The van der Waals surface area contributed by atoms with Crippen molar-refractivity contribution in [3.05, 3.63) is 12.3 Å². The molecule has 0 unspecified atom stereocenters. The molecule has 284 valence electrons. The summed E-state index contributed by atoms with van der Waals surface area (Å²) in [6.07, 6.45) is 5.75. The van der Waals surface area contributed by atoms with Crippen molar-refractivity contribution in [1.29, 1.82) is 0 Å². The normalized spacial score (nSPS) is 12.8. The van der Waals surface area contributed by atoms with Gasteiger partial charge in [0.1, 0.15) is 0 Å². The number of halogens is 5. The molecule has 0 heterocycles. The van der Waals surface area contributed by atoms with Crippen LogP contribution in [0.1, 0.15) is 39.0 Å². The van der Waals surface area contributed by atoms with Crippen molar-refractivity contribution in [2.24, 2.45) is 0 Å². The van der Waals surface area contributed by atoms with E-state index in [0.717, 1.165) is 42.8 Å². The van der Waals surface area contributed by atoms with Gasteiger partial charge in [0.15, 0.2) is 16.6 Å². The number of hydrogen-bond acceptors (Lipinski definition) is 9. The van der Waals surface area contributed by atoms with E-state index in [1.165, 1.54) is 19.3 Å². The topological polar surface area (TPSA) is 122 Å². The highest BCUT2D eigenvalue weighted by atomic mass is 35.8.